The number of benzene rings is 2. The largest absolute Gasteiger partial charge is 0.496 e. The Morgan fingerprint density at radius 2 is 1.82 bits per heavy atom. The second-order valence-corrected chi connectivity index (χ2v) is 9.82. The summed E-state index contributed by atoms with van der Waals surface area (Å²) in [5.74, 6) is -1.05. The molecule has 3 rings (SSSR count). The molecule has 2 aromatic rings. The number of carboxylic acids is 1. The van der Waals surface area contributed by atoms with Crippen molar-refractivity contribution in [3.05, 3.63) is 58.1 Å². The molecule has 39 heavy (non-hydrogen) atoms. The Balaban J connectivity index is 1.91. The van der Waals surface area contributed by atoms with Crippen LogP contribution in [0, 0.1) is 0 Å². The molecular weight excluding hydrogens is 528 g/mol. The van der Waals surface area contributed by atoms with Crippen molar-refractivity contribution in [3.8, 4) is 11.5 Å². The lowest BCUT2D eigenvalue weighted by Gasteiger charge is -2.45. The zero-order valence-electron chi connectivity index (χ0n) is 22.8. The molecule has 0 spiro atoms. The van der Waals surface area contributed by atoms with Gasteiger partial charge < -0.3 is 34.3 Å². The molecule has 0 aromatic heterocycles. The highest BCUT2D eigenvalue weighted by molar-refractivity contribution is 6.33. The summed E-state index contributed by atoms with van der Waals surface area (Å²) in [6.07, 6.45) is 0.0311. The third-order valence-corrected chi connectivity index (χ3v) is 7.39. The number of ether oxygens (including phenoxy) is 4. The average molecular weight is 563 g/mol. The van der Waals surface area contributed by atoms with Crippen molar-refractivity contribution < 1.29 is 38.4 Å². The molecule has 1 aliphatic carbocycles. The van der Waals surface area contributed by atoms with Crippen LogP contribution in [0.25, 0.3) is 0 Å². The Morgan fingerprint density at radius 1 is 1.15 bits per heavy atom. The molecule has 10 nitrogen and oxygen atoms in total. The average Bonchev–Trinajstić information content (AvgIpc) is 2.89. The smallest absolute Gasteiger partial charge is 0.329 e. The summed E-state index contributed by atoms with van der Waals surface area (Å²) in [4.78, 5) is 39.5. The number of Topliss-reactive ketones (excluding diaryl/α,β-unsaturated/α-hetero) is 1. The number of nitrogens with one attached hydrogen (secondary N) is 1. The van der Waals surface area contributed by atoms with Gasteiger partial charge in [-0.05, 0) is 25.5 Å². The number of halogens is 1. The van der Waals surface area contributed by atoms with E-state index in [9.17, 15) is 19.5 Å². The minimum Gasteiger partial charge on any atom is -0.496 e. The van der Waals surface area contributed by atoms with Gasteiger partial charge in [0, 0.05) is 32.1 Å². The van der Waals surface area contributed by atoms with Crippen molar-refractivity contribution in [1.82, 2.24) is 10.2 Å². The van der Waals surface area contributed by atoms with E-state index in [1.807, 2.05) is 30.3 Å². The van der Waals surface area contributed by atoms with Gasteiger partial charge in [0.25, 0.3) is 0 Å². The molecule has 0 aliphatic heterocycles. The van der Waals surface area contributed by atoms with Crippen molar-refractivity contribution in [1.29, 1.82) is 0 Å². The summed E-state index contributed by atoms with van der Waals surface area (Å²) in [5, 5.41) is 12.7. The number of methoxy groups -OCH3 is 3. The van der Waals surface area contributed by atoms with Gasteiger partial charge in [0.05, 0.1) is 44.6 Å². The van der Waals surface area contributed by atoms with Gasteiger partial charge in [0.15, 0.2) is 11.5 Å². The van der Waals surface area contributed by atoms with Crippen LogP contribution in [0.15, 0.2) is 36.4 Å². The Morgan fingerprint density at radius 3 is 2.36 bits per heavy atom. The van der Waals surface area contributed by atoms with Gasteiger partial charge >= 0.3 is 12.0 Å². The molecule has 2 aromatic carbocycles. The van der Waals surface area contributed by atoms with Crippen LogP contribution in [0.3, 0.4) is 0 Å². The molecular formula is C28H35ClN2O8. The van der Waals surface area contributed by atoms with Crippen LogP contribution in [0.2, 0.25) is 5.02 Å². The first-order valence-corrected chi connectivity index (χ1v) is 12.9. The van der Waals surface area contributed by atoms with E-state index < -0.39 is 23.6 Å². The molecule has 1 atom stereocenters. The summed E-state index contributed by atoms with van der Waals surface area (Å²) in [7, 11) is 4.32. The topological polar surface area (TPSA) is 124 Å². The summed E-state index contributed by atoms with van der Waals surface area (Å²) in [5.41, 5.74) is 0.177. The molecule has 0 saturated heterocycles. The standard InChI is InChI=1S/C28H35ClN2O8/c1-17(21-13-22(37-4)23(18(2)32)25(38-5)24(21)29)31(11-12-39-16-19-9-7-6-8-10-19)27(35)30-28(26(33)34)14-20(15-28)36-3/h6-10,13,17,20H,11-12,14-16H2,1-5H3,(H,30,35)(H,33,34)/t17-,20-,28-/m1/s1. The first-order valence-electron chi connectivity index (χ1n) is 12.5. The van der Waals surface area contributed by atoms with Gasteiger partial charge in [-0.1, -0.05) is 41.9 Å². The Labute approximate surface area is 233 Å². The first kappa shape index (κ1) is 30.2. The molecule has 2 N–H and O–H groups in total. The van der Waals surface area contributed by atoms with E-state index in [1.165, 1.54) is 33.2 Å². The Bertz CT molecular complexity index is 1180. The van der Waals surface area contributed by atoms with E-state index in [0.717, 1.165) is 5.56 Å². The minimum absolute atomic E-state index is 0.124. The SMILES string of the molecule is COc1cc([C@@H](C)N(CCOCc2ccccc2)C(=O)N[C@]2(C(=O)O)C[C@@H](OC)C2)c(Cl)c(OC)c1C(C)=O. The van der Waals surface area contributed by atoms with Crippen LogP contribution in [0.1, 0.15) is 54.2 Å². The minimum atomic E-state index is -1.45. The highest BCUT2D eigenvalue weighted by atomic mass is 35.5. The molecule has 0 heterocycles. The fourth-order valence-corrected chi connectivity index (χ4v) is 5.06. The number of amides is 2. The third kappa shape index (κ3) is 6.63. The summed E-state index contributed by atoms with van der Waals surface area (Å²) < 4.78 is 22.0. The predicted octanol–water partition coefficient (Wildman–Crippen LogP) is 4.48. The molecule has 2 amide bonds. The van der Waals surface area contributed by atoms with Crippen molar-refractivity contribution >= 4 is 29.4 Å². The second kappa shape index (κ2) is 13.1. The normalized spacial score (nSPS) is 19.0. The Hall–Kier alpha value is -3.34. The fourth-order valence-electron chi connectivity index (χ4n) is 4.68. The number of hydrogen-bond donors (Lipinski definition) is 2. The lowest BCUT2D eigenvalue weighted by Crippen LogP contribution is -2.66. The van der Waals surface area contributed by atoms with Gasteiger partial charge in [-0.2, -0.15) is 0 Å². The number of ketones is 1. The van der Waals surface area contributed by atoms with Gasteiger partial charge in [-0.3, -0.25) is 4.79 Å². The maximum atomic E-state index is 13.6. The first-order chi connectivity index (χ1) is 18.6. The molecule has 0 radical (unpaired) electrons. The van der Waals surface area contributed by atoms with Crippen LogP contribution < -0.4 is 14.8 Å². The van der Waals surface area contributed by atoms with Gasteiger partial charge in [0.2, 0.25) is 0 Å². The number of carbonyl (C=O) groups is 3. The van der Waals surface area contributed by atoms with Gasteiger partial charge in [-0.15, -0.1) is 0 Å². The second-order valence-electron chi connectivity index (χ2n) is 9.44. The molecule has 1 fully saturated rings. The highest BCUT2D eigenvalue weighted by Crippen LogP contribution is 2.43. The molecule has 1 aliphatic rings. The molecule has 11 heteroatoms. The third-order valence-electron chi connectivity index (χ3n) is 7.00. The number of nitrogens with zero attached hydrogens (tertiary/aromatic N) is 1. The van der Waals surface area contributed by atoms with E-state index >= 15 is 0 Å². The zero-order valence-corrected chi connectivity index (χ0v) is 23.5. The number of carbonyl (C=O) groups excluding carboxylic acids is 2. The maximum Gasteiger partial charge on any atom is 0.329 e. The monoisotopic (exact) mass is 562 g/mol. The van der Waals surface area contributed by atoms with Crippen molar-refractivity contribution in [2.75, 3.05) is 34.5 Å². The highest BCUT2D eigenvalue weighted by Gasteiger charge is 2.52. The molecule has 0 bridgehead atoms. The van der Waals surface area contributed by atoms with Crippen LogP contribution in [0.5, 0.6) is 11.5 Å². The zero-order chi connectivity index (χ0) is 28.7. The fraction of sp³-hybridized carbons (Fsp3) is 0.464. The molecule has 1 saturated carbocycles. The summed E-state index contributed by atoms with van der Waals surface area (Å²) in [6.45, 7) is 3.76. The van der Waals surface area contributed by atoms with E-state index in [-0.39, 0.29) is 60.0 Å². The van der Waals surface area contributed by atoms with Crippen LogP contribution >= 0.6 is 11.6 Å². The lowest BCUT2D eigenvalue weighted by atomic mass is 9.74. The van der Waals surface area contributed by atoms with Crippen molar-refractivity contribution in [2.24, 2.45) is 0 Å². The maximum absolute atomic E-state index is 13.6. The van der Waals surface area contributed by atoms with E-state index in [2.05, 4.69) is 5.32 Å². The molecule has 0 unspecified atom stereocenters. The Kier molecular flexibility index (Phi) is 10.2. The number of rotatable bonds is 13. The van der Waals surface area contributed by atoms with Gasteiger partial charge in [-0.25, -0.2) is 9.59 Å². The number of hydrogen-bond acceptors (Lipinski definition) is 7. The number of aliphatic carboxylic acids is 1. The summed E-state index contributed by atoms with van der Waals surface area (Å²) in [6, 6.07) is 9.90. The quantitative estimate of drug-likeness (QED) is 0.270. The van der Waals surface area contributed by atoms with E-state index in [0.29, 0.717) is 12.2 Å². The van der Waals surface area contributed by atoms with Crippen LogP contribution in [0.4, 0.5) is 4.79 Å². The van der Waals surface area contributed by atoms with Crippen LogP contribution in [-0.4, -0.2) is 73.9 Å². The van der Waals surface area contributed by atoms with Crippen molar-refractivity contribution in [3.63, 3.8) is 0 Å². The molecule has 212 valence electrons. The number of carboxylic acid groups (broad SMARTS) is 1. The van der Waals surface area contributed by atoms with E-state index in [4.69, 9.17) is 30.5 Å². The van der Waals surface area contributed by atoms with Crippen molar-refractivity contribution in [2.45, 2.75) is 51.0 Å². The van der Waals surface area contributed by atoms with E-state index in [1.54, 1.807) is 13.0 Å². The lowest BCUT2D eigenvalue weighted by molar-refractivity contribution is -0.155. The summed E-state index contributed by atoms with van der Waals surface area (Å²) >= 11 is 6.70. The predicted molar refractivity (Wildman–Crippen MR) is 145 cm³/mol. The van der Waals surface area contributed by atoms with Gasteiger partial charge in [0.1, 0.15) is 16.9 Å². The number of urea groups is 1. The van der Waals surface area contributed by atoms with Crippen LogP contribution in [-0.2, 0) is 20.9 Å².